The lowest BCUT2D eigenvalue weighted by Crippen LogP contribution is -2.45. The summed E-state index contributed by atoms with van der Waals surface area (Å²) in [6.07, 6.45) is 11.8. The fraction of sp³-hybridized carbons (Fsp3) is 0.395. The normalized spacial score (nSPS) is 19.7. The Morgan fingerprint density at radius 1 is 1.08 bits per heavy atom. The van der Waals surface area contributed by atoms with Gasteiger partial charge in [-0.25, -0.2) is 15.0 Å². The van der Waals surface area contributed by atoms with Gasteiger partial charge in [-0.05, 0) is 97.9 Å². The zero-order valence-corrected chi connectivity index (χ0v) is 29.9. The lowest BCUT2D eigenvalue weighted by atomic mass is 9.94. The molecule has 4 heterocycles. The second-order valence-electron chi connectivity index (χ2n) is 13.5. The van der Waals surface area contributed by atoms with E-state index in [9.17, 15) is 14.4 Å². The van der Waals surface area contributed by atoms with Crippen molar-refractivity contribution in [1.29, 1.82) is 0 Å². The van der Waals surface area contributed by atoms with E-state index in [1.807, 2.05) is 48.2 Å². The van der Waals surface area contributed by atoms with E-state index in [1.54, 1.807) is 23.2 Å². The lowest BCUT2D eigenvalue weighted by molar-refractivity contribution is -0.139. The molecule has 3 aromatic heterocycles. The molecule has 4 aromatic rings. The van der Waals surface area contributed by atoms with Gasteiger partial charge in [0.05, 0.1) is 23.7 Å². The molecule has 6 rings (SSSR count). The van der Waals surface area contributed by atoms with Crippen LogP contribution in [0.4, 0.5) is 0 Å². The van der Waals surface area contributed by atoms with E-state index in [2.05, 4.69) is 61.1 Å². The van der Waals surface area contributed by atoms with Crippen LogP contribution in [0.25, 0.3) is 28.1 Å². The summed E-state index contributed by atoms with van der Waals surface area (Å²) >= 11 is 3.43. The maximum Gasteiger partial charge on any atom is 0.245 e. The van der Waals surface area contributed by atoms with Gasteiger partial charge in [0.1, 0.15) is 22.7 Å². The first kappa shape index (κ1) is 34.5. The number of aryl methyl sites for hydroxylation is 1. The predicted molar refractivity (Wildman–Crippen MR) is 194 cm³/mol. The molecule has 254 valence electrons. The Balaban J connectivity index is 1.28. The van der Waals surface area contributed by atoms with Gasteiger partial charge in [-0.2, -0.15) is 5.10 Å². The molecule has 1 saturated heterocycles. The van der Waals surface area contributed by atoms with E-state index in [1.165, 1.54) is 6.92 Å². The summed E-state index contributed by atoms with van der Waals surface area (Å²) < 4.78 is 2.24. The van der Waals surface area contributed by atoms with Crippen LogP contribution in [0.5, 0.6) is 0 Å². The summed E-state index contributed by atoms with van der Waals surface area (Å²) in [5.74, 6) is 0.253. The molecule has 1 aliphatic heterocycles. The van der Waals surface area contributed by atoms with Gasteiger partial charge in [0.15, 0.2) is 11.6 Å². The second kappa shape index (κ2) is 14.2. The number of hydrogen-bond acceptors (Lipinski definition) is 8. The molecule has 1 aromatic carbocycles. The number of pyridine rings is 1. The predicted octanol–water partition coefficient (Wildman–Crippen LogP) is 6.26. The monoisotopic (exact) mass is 723 g/mol. The van der Waals surface area contributed by atoms with E-state index < -0.39 is 6.04 Å². The zero-order valence-electron chi connectivity index (χ0n) is 28.4. The van der Waals surface area contributed by atoms with Crippen molar-refractivity contribution in [2.24, 2.45) is 5.41 Å². The molecule has 11 heteroatoms. The van der Waals surface area contributed by atoms with Gasteiger partial charge >= 0.3 is 0 Å². The Bertz CT molecular complexity index is 1940. The Morgan fingerprint density at radius 2 is 1.86 bits per heavy atom. The molecule has 0 N–H and O–H groups in total. The van der Waals surface area contributed by atoms with Crippen molar-refractivity contribution in [3.63, 3.8) is 0 Å². The summed E-state index contributed by atoms with van der Waals surface area (Å²) in [6.45, 7) is 12.7. The van der Waals surface area contributed by atoms with Crippen molar-refractivity contribution in [3.05, 3.63) is 89.3 Å². The van der Waals surface area contributed by atoms with Gasteiger partial charge in [0.2, 0.25) is 5.91 Å². The molecule has 0 radical (unpaired) electrons. The van der Waals surface area contributed by atoms with Crippen molar-refractivity contribution >= 4 is 50.4 Å². The summed E-state index contributed by atoms with van der Waals surface area (Å²) in [7, 11) is 2.12. The quantitative estimate of drug-likeness (QED) is 0.0611. The first-order valence-corrected chi connectivity index (χ1v) is 17.5. The first-order chi connectivity index (χ1) is 23.5. The lowest BCUT2D eigenvalue weighted by Gasteiger charge is -2.27. The minimum atomic E-state index is -0.582. The number of carbonyl (C=O) groups is 3. The summed E-state index contributed by atoms with van der Waals surface area (Å²) in [5.41, 5.74) is 3.92. The molecule has 2 fully saturated rings. The molecular weight excluding hydrogens is 682 g/mol. The number of halogens is 1. The number of ketones is 2. The number of unbranched alkanes of at least 4 members (excludes halogenated alkanes) is 2. The number of nitrogens with zero attached hydrogens (tertiary/aromatic N) is 7. The minimum Gasteiger partial charge on any atom is -0.327 e. The number of hydrogen-bond donors (Lipinski definition) is 0. The third kappa shape index (κ3) is 7.19. The highest BCUT2D eigenvalue weighted by Crippen LogP contribution is 2.60. The second-order valence-corrected chi connectivity index (χ2v) is 14.3. The molecule has 49 heavy (non-hydrogen) atoms. The van der Waals surface area contributed by atoms with E-state index in [0.717, 1.165) is 55.5 Å². The number of allylic oxidation sites excluding steroid dienone is 1. The Labute approximate surface area is 295 Å². The van der Waals surface area contributed by atoms with Crippen LogP contribution in [0.15, 0.2) is 66.6 Å². The summed E-state index contributed by atoms with van der Waals surface area (Å²) in [5, 5.41) is 5.29. The molecule has 1 saturated carbocycles. The summed E-state index contributed by atoms with van der Waals surface area (Å²) in [6, 6.07) is 8.79. The molecule has 3 atom stereocenters. The van der Waals surface area contributed by atoms with Crippen LogP contribution in [0.1, 0.15) is 66.6 Å². The Morgan fingerprint density at radius 3 is 2.57 bits per heavy atom. The third-order valence-electron chi connectivity index (χ3n) is 9.88. The van der Waals surface area contributed by atoms with E-state index in [0.29, 0.717) is 39.1 Å². The van der Waals surface area contributed by atoms with Crippen LogP contribution in [-0.2, 0) is 22.6 Å². The number of fused-ring (bicyclic) bond motifs is 2. The fourth-order valence-electron chi connectivity index (χ4n) is 7.36. The van der Waals surface area contributed by atoms with Gasteiger partial charge in [-0.3, -0.25) is 19.1 Å². The standard InChI is InChI=1S/C38H42BrN7O3/c1-6-8-9-10-15-44(5)23-38-18-32(33(48)17-30-26(7-2)12-14-35(39)42-30)46(34(38)19-38)36(49)22-45-31-13-11-27(28-20-40-25(4)41-21-28)16-29(31)37(43-45)24(3)47/h6-7,11-14,16,20-21,32,34H,1-2,8-10,15,17-19,22-23H2,3-5H3/t32-,34+,38-/m0/s1. The molecule has 0 unspecified atom stereocenters. The van der Waals surface area contributed by atoms with Gasteiger partial charge in [0.25, 0.3) is 0 Å². The zero-order chi connectivity index (χ0) is 34.9. The maximum absolute atomic E-state index is 14.4. The van der Waals surface area contributed by atoms with E-state index in [-0.39, 0.29) is 41.9 Å². The van der Waals surface area contributed by atoms with Crippen LogP contribution in [0.2, 0.25) is 0 Å². The molecule has 10 nitrogen and oxygen atoms in total. The van der Waals surface area contributed by atoms with E-state index in [4.69, 9.17) is 0 Å². The van der Waals surface area contributed by atoms with Crippen molar-refractivity contribution in [2.45, 2.75) is 71.0 Å². The SMILES string of the molecule is C=CCCCCN(C)C[C@@]12C[C@@H](C(=O)Cc3nc(Br)ccc3C=C)N(C(=O)Cn3nc(C(C)=O)c4cc(-c5cnc(C)nc5)ccc43)[C@@H]1C2. The van der Waals surface area contributed by atoms with Crippen LogP contribution in [0, 0.1) is 12.3 Å². The van der Waals surface area contributed by atoms with Gasteiger partial charge in [-0.15, -0.1) is 6.58 Å². The maximum atomic E-state index is 14.4. The van der Waals surface area contributed by atoms with E-state index >= 15 is 0 Å². The van der Waals surface area contributed by atoms with Crippen LogP contribution < -0.4 is 0 Å². The molecular formula is C38H42BrN7O3. The van der Waals surface area contributed by atoms with Gasteiger partial charge in [0, 0.05) is 48.3 Å². The van der Waals surface area contributed by atoms with Gasteiger partial charge in [-0.1, -0.05) is 30.9 Å². The average molecular weight is 725 g/mol. The van der Waals surface area contributed by atoms with Crippen LogP contribution >= 0.6 is 15.9 Å². The number of likely N-dealkylation sites (tertiary alicyclic amines) is 1. The van der Waals surface area contributed by atoms with Crippen LogP contribution in [-0.4, -0.2) is 84.2 Å². The smallest absolute Gasteiger partial charge is 0.245 e. The van der Waals surface area contributed by atoms with Crippen molar-refractivity contribution in [3.8, 4) is 11.1 Å². The number of Topliss-reactive ketones (excluding diaryl/α,β-unsaturated/α-hetero) is 2. The number of piperidine rings is 1. The topological polar surface area (TPSA) is 114 Å². The van der Waals surface area contributed by atoms with Gasteiger partial charge < -0.3 is 9.80 Å². The molecule has 2 aliphatic rings. The first-order valence-electron chi connectivity index (χ1n) is 16.7. The molecule has 0 spiro atoms. The minimum absolute atomic E-state index is 0.0398. The Hall–Kier alpha value is -4.35. The largest absolute Gasteiger partial charge is 0.327 e. The van der Waals surface area contributed by atoms with Crippen molar-refractivity contribution in [2.75, 3.05) is 20.1 Å². The highest BCUT2D eigenvalue weighted by molar-refractivity contribution is 9.10. The Kier molecular flexibility index (Phi) is 10.0. The number of aromatic nitrogens is 5. The molecule has 1 amide bonds. The third-order valence-corrected chi connectivity index (χ3v) is 10.3. The van der Waals surface area contributed by atoms with Crippen LogP contribution in [0.3, 0.4) is 0 Å². The fourth-order valence-corrected chi connectivity index (χ4v) is 7.71. The average Bonchev–Trinajstić information content (AvgIpc) is 3.47. The summed E-state index contributed by atoms with van der Waals surface area (Å²) in [4.78, 5) is 58.6. The molecule has 0 bridgehead atoms. The molecule has 1 aliphatic carbocycles. The highest BCUT2D eigenvalue weighted by atomic mass is 79.9. The number of amides is 1. The number of rotatable bonds is 15. The number of benzene rings is 1. The van der Waals surface area contributed by atoms with Crippen molar-refractivity contribution in [1.82, 2.24) is 34.5 Å². The van der Waals surface area contributed by atoms with Crippen molar-refractivity contribution < 1.29 is 14.4 Å². The highest BCUT2D eigenvalue weighted by Gasteiger charge is 2.66. The number of carbonyl (C=O) groups excluding carboxylic acids is 3.